The number of rotatable bonds is 2. The van der Waals surface area contributed by atoms with Gasteiger partial charge in [-0.2, -0.15) is 0 Å². The number of nitrogens with two attached hydrogens (primary N) is 1. The predicted octanol–water partition coefficient (Wildman–Crippen LogP) is 3.98. The van der Waals surface area contributed by atoms with E-state index in [9.17, 15) is 0 Å². The van der Waals surface area contributed by atoms with Gasteiger partial charge >= 0.3 is 0 Å². The molecule has 0 spiro atoms. The molecule has 1 unspecified atom stereocenters. The van der Waals surface area contributed by atoms with Crippen LogP contribution in [0.15, 0.2) is 48.8 Å². The summed E-state index contributed by atoms with van der Waals surface area (Å²) in [4.78, 5) is 8.52. The Hall–Kier alpha value is -1.68. The molecular formula is C15H11Cl2N3. The fourth-order valence-electron chi connectivity index (χ4n) is 2.07. The van der Waals surface area contributed by atoms with Crippen LogP contribution in [0.1, 0.15) is 17.2 Å². The lowest BCUT2D eigenvalue weighted by Crippen LogP contribution is -2.11. The van der Waals surface area contributed by atoms with E-state index in [1.165, 1.54) is 0 Å². The lowest BCUT2D eigenvalue weighted by molar-refractivity contribution is 0.873. The van der Waals surface area contributed by atoms with Crippen molar-refractivity contribution in [1.82, 2.24) is 9.97 Å². The number of nitrogens with zero attached hydrogens (tertiary/aromatic N) is 2. The molecule has 0 amide bonds. The van der Waals surface area contributed by atoms with Crippen LogP contribution in [-0.4, -0.2) is 9.97 Å². The Balaban J connectivity index is 2.02. The number of benzene rings is 2. The second-order valence-electron chi connectivity index (χ2n) is 4.46. The van der Waals surface area contributed by atoms with Gasteiger partial charge in [-0.25, -0.2) is 0 Å². The lowest BCUT2D eigenvalue weighted by atomic mass is 9.99. The lowest BCUT2D eigenvalue weighted by Gasteiger charge is -2.13. The SMILES string of the molecule is NC(c1ccc(Cl)c(Cl)c1)c1ccc2nccnc2c1. The molecule has 0 saturated heterocycles. The maximum atomic E-state index is 6.28. The highest BCUT2D eigenvalue weighted by molar-refractivity contribution is 6.42. The molecule has 2 aromatic carbocycles. The van der Waals surface area contributed by atoms with Gasteiger partial charge < -0.3 is 5.73 Å². The van der Waals surface area contributed by atoms with Gasteiger partial charge in [0.05, 0.1) is 27.1 Å². The quantitative estimate of drug-likeness (QED) is 0.779. The van der Waals surface area contributed by atoms with E-state index in [1.54, 1.807) is 24.5 Å². The fraction of sp³-hybridized carbons (Fsp3) is 0.0667. The van der Waals surface area contributed by atoms with E-state index in [2.05, 4.69) is 9.97 Å². The molecule has 3 nitrogen and oxygen atoms in total. The second kappa shape index (κ2) is 5.37. The van der Waals surface area contributed by atoms with Crippen molar-refractivity contribution >= 4 is 34.2 Å². The van der Waals surface area contributed by atoms with Gasteiger partial charge in [0, 0.05) is 12.4 Å². The molecule has 1 aromatic heterocycles. The van der Waals surface area contributed by atoms with E-state index in [4.69, 9.17) is 28.9 Å². The molecule has 2 N–H and O–H groups in total. The van der Waals surface area contributed by atoms with Crippen molar-refractivity contribution in [3.05, 3.63) is 70.0 Å². The summed E-state index contributed by atoms with van der Waals surface area (Å²) < 4.78 is 0. The van der Waals surface area contributed by atoms with Crippen LogP contribution in [0.4, 0.5) is 0 Å². The van der Waals surface area contributed by atoms with Gasteiger partial charge in [0.1, 0.15) is 0 Å². The Morgan fingerprint density at radius 2 is 1.45 bits per heavy atom. The first-order chi connectivity index (χ1) is 9.65. The van der Waals surface area contributed by atoms with Crippen LogP contribution >= 0.6 is 23.2 Å². The number of aromatic nitrogens is 2. The Labute approximate surface area is 126 Å². The van der Waals surface area contributed by atoms with Gasteiger partial charge in [0.25, 0.3) is 0 Å². The second-order valence-corrected chi connectivity index (χ2v) is 5.27. The monoisotopic (exact) mass is 303 g/mol. The molecular weight excluding hydrogens is 293 g/mol. The zero-order valence-corrected chi connectivity index (χ0v) is 11.9. The van der Waals surface area contributed by atoms with Crippen molar-refractivity contribution in [2.24, 2.45) is 5.73 Å². The highest BCUT2D eigenvalue weighted by Gasteiger charge is 2.11. The van der Waals surface area contributed by atoms with Crippen LogP contribution in [0.2, 0.25) is 10.0 Å². The first-order valence-electron chi connectivity index (χ1n) is 6.06. The van der Waals surface area contributed by atoms with Crippen LogP contribution in [0, 0.1) is 0 Å². The van der Waals surface area contributed by atoms with Gasteiger partial charge in [0.15, 0.2) is 0 Å². The van der Waals surface area contributed by atoms with Crippen LogP contribution < -0.4 is 5.73 Å². The van der Waals surface area contributed by atoms with E-state index in [-0.39, 0.29) is 6.04 Å². The Bertz CT molecular complexity index is 774. The van der Waals surface area contributed by atoms with E-state index in [0.29, 0.717) is 10.0 Å². The van der Waals surface area contributed by atoms with Crippen molar-refractivity contribution in [3.63, 3.8) is 0 Å². The average Bonchev–Trinajstić information content (AvgIpc) is 2.49. The van der Waals surface area contributed by atoms with Gasteiger partial charge in [-0.3, -0.25) is 9.97 Å². The van der Waals surface area contributed by atoms with Crippen LogP contribution in [0.3, 0.4) is 0 Å². The summed E-state index contributed by atoms with van der Waals surface area (Å²) in [5.74, 6) is 0. The highest BCUT2D eigenvalue weighted by Crippen LogP contribution is 2.28. The Morgan fingerprint density at radius 3 is 2.20 bits per heavy atom. The molecule has 0 aliphatic heterocycles. The molecule has 100 valence electrons. The van der Waals surface area contributed by atoms with E-state index in [1.807, 2.05) is 24.3 Å². The zero-order valence-electron chi connectivity index (χ0n) is 10.4. The molecule has 0 aliphatic rings. The predicted molar refractivity (Wildman–Crippen MR) is 82.0 cm³/mol. The normalized spacial score (nSPS) is 12.6. The van der Waals surface area contributed by atoms with E-state index < -0.39 is 0 Å². The van der Waals surface area contributed by atoms with Gasteiger partial charge in [-0.05, 0) is 35.4 Å². The van der Waals surface area contributed by atoms with E-state index >= 15 is 0 Å². The molecule has 1 heterocycles. The molecule has 1 atom stereocenters. The number of hydrogen-bond donors (Lipinski definition) is 1. The molecule has 3 rings (SSSR count). The molecule has 20 heavy (non-hydrogen) atoms. The summed E-state index contributed by atoms with van der Waals surface area (Å²) in [5, 5.41) is 1.02. The fourth-order valence-corrected chi connectivity index (χ4v) is 2.38. The summed E-state index contributed by atoms with van der Waals surface area (Å²) >= 11 is 11.9. The third kappa shape index (κ3) is 2.48. The Morgan fingerprint density at radius 1 is 0.800 bits per heavy atom. The van der Waals surface area contributed by atoms with Gasteiger partial charge in [0.2, 0.25) is 0 Å². The first kappa shape index (κ1) is 13.3. The molecule has 0 aliphatic carbocycles. The third-order valence-corrected chi connectivity index (χ3v) is 3.89. The minimum Gasteiger partial charge on any atom is -0.320 e. The summed E-state index contributed by atoms with van der Waals surface area (Å²) in [6.07, 6.45) is 3.33. The minimum absolute atomic E-state index is 0.281. The number of halogens is 2. The van der Waals surface area contributed by atoms with Gasteiger partial charge in [-0.15, -0.1) is 0 Å². The molecule has 0 radical (unpaired) electrons. The average molecular weight is 304 g/mol. The van der Waals surface area contributed by atoms with Crippen LogP contribution in [0.5, 0.6) is 0 Å². The molecule has 5 heteroatoms. The smallest absolute Gasteiger partial charge is 0.0890 e. The third-order valence-electron chi connectivity index (χ3n) is 3.16. The standard InChI is InChI=1S/C15H11Cl2N3/c16-11-3-1-9(7-12(11)17)15(18)10-2-4-13-14(8-10)20-6-5-19-13/h1-8,15H,18H2. The van der Waals surface area contributed by atoms with Crippen LogP contribution in [-0.2, 0) is 0 Å². The number of fused-ring (bicyclic) bond motifs is 1. The zero-order chi connectivity index (χ0) is 14.1. The highest BCUT2D eigenvalue weighted by atomic mass is 35.5. The summed E-state index contributed by atoms with van der Waals surface area (Å²) in [6.45, 7) is 0. The summed E-state index contributed by atoms with van der Waals surface area (Å²) in [6, 6.07) is 10.9. The van der Waals surface area contributed by atoms with Crippen molar-refractivity contribution < 1.29 is 0 Å². The molecule has 0 fully saturated rings. The van der Waals surface area contributed by atoms with Crippen molar-refractivity contribution in [1.29, 1.82) is 0 Å². The summed E-state index contributed by atoms with van der Waals surface area (Å²) in [5.41, 5.74) is 9.80. The van der Waals surface area contributed by atoms with E-state index in [0.717, 1.165) is 22.2 Å². The molecule has 0 bridgehead atoms. The van der Waals surface area contributed by atoms with Gasteiger partial charge in [-0.1, -0.05) is 35.3 Å². The number of hydrogen-bond acceptors (Lipinski definition) is 3. The topological polar surface area (TPSA) is 51.8 Å². The maximum absolute atomic E-state index is 6.28. The van der Waals surface area contributed by atoms with Crippen molar-refractivity contribution in [2.75, 3.05) is 0 Å². The largest absolute Gasteiger partial charge is 0.320 e. The molecule has 3 aromatic rings. The summed E-state index contributed by atoms with van der Waals surface area (Å²) in [7, 11) is 0. The van der Waals surface area contributed by atoms with Crippen LogP contribution in [0.25, 0.3) is 11.0 Å². The van der Waals surface area contributed by atoms with Crippen molar-refractivity contribution in [3.8, 4) is 0 Å². The Kier molecular flexibility index (Phi) is 3.57. The maximum Gasteiger partial charge on any atom is 0.0890 e. The first-order valence-corrected chi connectivity index (χ1v) is 6.82. The molecule has 0 saturated carbocycles. The minimum atomic E-state index is -0.281. The van der Waals surface area contributed by atoms with Crippen molar-refractivity contribution in [2.45, 2.75) is 6.04 Å².